The third kappa shape index (κ3) is 4.84. The predicted molar refractivity (Wildman–Crippen MR) is 91.7 cm³/mol. The molecule has 1 aromatic carbocycles. The molecule has 1 amide bonds. The van der Waals surface area contributed by atoms with Crippen LogP contribution in [-0.4, -0.2) is 22.0 Å². The zero-order chi connectivity index (χ0) is 17.4. The van der Waals surface area contributed by atoms with Crippen molar-refractivity contribution in [3.63, 3.8) is 0 Å². The van der Waals surface area contributed by atoms with Gasteiger partial charge in [-0.1, -0.05) is 31.2 Å². The van der Waals surface area contributed by atoms with Crippen molar-refractivity contribution in [1.82, 2.24) is 10.4 Å². The Kier molecular flexibility index (Phi) is 5.90. The second-order valence-electron chi connectivity index (χ2n) is 4.84. The third-order valence-electron chi connectivity index (χ3n) is 3.16. The van der Waals surface area contributed by atoms with Gasteiger partial charge >= 0.3 is 0 Å². The molecule has 7 heteroatoms. The number of allylic oxidation sites excluding steroid dienone is 1. The van der Waals surface area contributed by atoms with Gasteiger partial charge in [-0.2, -0.15) is 5.10 Å². The topological polar surface area (TPSA) is 97.5 Å². The molecule has 1 N–H and O–H groups in total. The Morgan fingerprint density at radius 1 is 1.38 bits per heavy atom. The van der Waals surface area contributed by atoms with E-state index in [2.05, 4.69) is 15.5 Å². The van der Waals surface area contributed by atoms with Gasteiger partial charge in [-0.05, 0) is 29.7 Å². The van der Waals surface area contributed by atoms with Crippen molar-refractivity contribution >= 4 is 23.9 Å². The van der Waals surface area contributed by atoms with E-state index < -0.39 is 10.8 Å². The van der Waals surface area contributed by atoms with Gasteiger partial charge in [0.15, 0.2) is 0 Å². The van der Waals surface area contributed by atoms with Crippen LogP contribution in [0, 0.1) is 10.1 Å². The third-order valence-corrected chi connectivity index (χ3v) is 3.16. The van der Waals surface area contributed by atoms with Gasteiger partial charge in [0, 0.05) is 24.5 Å². The molecule has 2 rings (SSSR count). The number of hydrogen-bond donors (Lipinski definition) is 1. The molecule has 0 atom stereocenters. The van der Waals surface area contributed by atoms with E-state index in [0.29, 0.717) is 5.56 Å². The minimum atomic E-state index is -0.456. The van der Waals surface area contributed by atoms with E-state index >= 15 is 0 Å². The van der Waals surface area contributed by atoms with Gasteiger partial charge in [0.05, 0.1) is 4.92 Å². The normalized spacial score (nSPS) is 11.0. The van der Waals surface area contributed by atoms with Crippen LogP contribution < -0.4 is 5.43 Å². The molecule has 122 valence electrons. The first-order valence-electron chi connectivity index (χ1n) is 7.29. The molecule has 7 nitrogen and oxygen atoms in total. The zero-order valence-electron chi connectivity index (χ0n) is 13.0. The summed E-state index contributed by atoms with van der Waals surface area (Å²) in [5.41, 5.74) is 4.38. The number of nitro benzene ring substituents is 1. The largest absolute Gasteiger partial charge is 0.289 e. The summed E-state index contributed by atoms with van der Waals surface area (Å²) in [4.78, 5) is 26.1. The fourth-order valence-electron chi connectivity index (χ4n) is 1.86. The Labute approximate surface area is 138 Å². The number of nitrogens with zero attached hydrogens (tertiary/aromatic N) is 3. The van der Waals surface area contributed by atoms with Gasteiger partial charge in [0.2, 0.25) is 0 Å². The first-order chi connectivity index (χ1) is 11.6. The molecule has 0 unspecified atom stereocenters. The van der Waals surface area contributed by atoms with Gasteiger partial charge < -0.3 is 0 Å². The van der Waals surface area contributed by atoms with Crippen LogP contribution in [0.3, 0.4) is 0 Å². The molecule has 1 aromatic heterocycles. The molecule has 1 heterocycles. The number of aryl methyl sites for hydroxylation is 1. The van der Waals surface area contributed by atoms with Crippen LogP contribution >= 0.6 is 0 Å². The molecular weight excluding hydrogens is 308 g/mol. The second-order valence-corrected chi connectivity index (χ2v) is 4.84. The number of amides is 1. The summed E-state index contributed by atoms with van der Waals surface area (Å²) in [7, 11) is 0. The lowest BCUT2D eigenvalue weighted by atomic mass is 10.2. The van der Waals surface area contributed by atoms with Crippen molar-refractivity contribution in [1.29, 1.82) is 0 Å². The van der Waals surface area contributed by atoms with Crippen molar-refractivity contribution in [2.75, 3.05) is 0 Å². The number of carbonyl (C=O) groups excluding carboxylic acids is 1. The Morgan fingerprint density at radius 3 is 2.88 bits per heavy atom. The maximum absolute atomic E-state index is 11.8. The summed E-state index contributed by atoms with van der Waals surface area (Å²) < 4.78 is 0. The number of hydrazone groups is 1. The maximum Gasteiger partial charge on any atom is 0.289 e. The summed E-state index contributed by atoms with van der Waals surface area (Å²) in [6.07, 6.45) is 7.12. The zero-order valence-corrected chi connectivity index (χ0v) is 13.0. The molecule has 2 aromatic rings. The number of carbonyl (C=O) groups is 1. The minimum Gasteiger partial charge on any atom is -0.266 e. The molecule has 0 saturated carbocycles. The van der Waals surface area contributed by atoms with Crippen LogP contribution in [0.4, 0.5) is 5.69 Å². The highest BCUT2D eigenvalue weighted by atomic mass is 16.6. The van der Waals surface area contributed by atoms with Crippen molar-refractivity contribution < 1.29 is 9.72 Å². The van der Waals surface area contributed by atoms with Gasteiger partial charge in [0.25, 0.3) is 11.6 Å². The Bertz CT molecular complexity index is 783. The summed E-state index contributed by atoms with van der Waals surface area (Å²) in [5.74, 6) is -0.405. The molecular formula is C17H16N4O3. The average Bonchev–Trinajstić information content (AvgIpc) is 2.61. The SMILES string of the molecule is CCc1ccc(C(=O)N/N=C/C=C/c2cccc([N+](=O)[O-])c2)nc1. The monoisotopic (exact) mass is 324 g/mol. The molecule has 0 radical (unpaired) electrons. The van der Waals surface area contributed by atoms with Gasteiger partial charge in [0.1, 0.15) is 5.69 Å². The number of aromatic nitrogens is 1. The predicted octanol–water partition coefficient (Wildman–Crippen LogP) is 2.98. The quantitative estimate of drug-likeness (QED) is 0.502. The number of nitro groups is 1. The Balaban J connectivity index is 1.90. The van der Waals surface area contributed by atoms with E-state index in [4.69, 9.17) is 0 Å². The van der Waals surface area contributed by atoms with Gasteiger partial charge in [-0.3, -0.25) is 19.9 Å². The Hall–Kier alpha value is -3.35. The van der Waals surface area contributed by atoms with E-state index in [1.54, 1.807) is 36.5 Å². The molecule has 0 aliphatic rings. The fraction of sp³-hybridized carbons (Fsp3) is 0.118. The minimum absolute atomic E-state index is 0.0176. The number of benzene rings is 1. The molecule has 0 spiro atoms. The number of rotatable bonds is 6. The van der Waals surface area contributed by atoms with Crippen LogP contribution in [-0.2, 0) is 6.42 Å². The lowest BCUT2D eigenvalue weighted by Gasteiger charge is -1.99. The van der Waals surface area contributed by atoms with E-state index in [9.17, 15) is 14.9 Å². The molecule has 0 aliphatic heterocycles. The van der Waals surface area contributed by atoms with E-state index in [1.807, 2.05) is 13.0 Å². The lowest BCUT2D eigenvalue weighted by molar-refractivity contribution is -0.384. The second kappa shape index (κ2) is 8.33. The van der Waals surface area contributed by atoms with E-state index in [1.165, 1.54) is 18.3 Å². The number of nitrogens with one attached hydrogen (secondary N) is 1. The van der Waals surface area contributed by atoms with Crippen LogP contribution in [0.25, 0.3) is 6.08 Å². The van der Waals surface area contributed by atoms with E-state index in [-0.39, 0.29) is 11.4 Å². The van der Waals surface area contributed by atoms with Gasteiger partial charge in [-0.25, -0.2) is 5.43 Å². The highest BCUT2D eigenvalue weighted by Crippen LogP contribution is 2.13. The highest BCUT2D eigenvalue weighted by molar-refractivity contribution is 5.92. The molecule has 24 heavy (non-hydrogen) atoms. The van der Waals surface area contributed by atoms with Crippen molar-refractivity contribution in [2.45, 2.75) is 13.3 Å². The van der Waals surface area contributed by atoms with Crippen LogP contribution in [0.15, 0.2) is 53.8 Å². The van der Waals surface area contributed by atoms with Crippen molar-refractivity contribution in [3.05, 3.63) is 75.6 Å². The Morgan fingerprint density at radius 2 is 2.21 bits per heavy atom. The average molecular weight is 324 g/mol. The van der Waals surface area contributed by atoms with Crippen LogP contribution in [0.2, 0.25) is 0 Å². The summed E-state index contributed by atoms with van der Waals surface area (Å²) in [6, 6.07) is 9.68. The molecule has 0 bridgehead atoms. The van der Waals surface area contributed by atoms with Crippen molar-refractivity contribution in [2.24, 2.45) is 5.10 Å². The first-order valence-corrected chi connectivity index (χ1v) is 7.29. The lowest BCUT2D eigenvalue weighted by Crippen LogP contribution is -2.18. The highest BCUT2D eigenvalue weighted by Gasteiger charge is 2.05. The molecule has 0 fully saturated rings. The first kappa shape index (κ1) is 17.0. The number of pyridine rings is 1. The van der Waals surface area contributed by atoms with Crippen LogP contribution in [0.1, 0.15) is 28.5 Å². The van der Waals surface area contributed by atoms with E-state index in [0.717, 1.165) is 12.0 Å². The van der Waals surface area contributed by atoms with Crippen LogP contribution in [0.5, 0.6) is 0 Å². The van der Waals surface area contributed by atoms with Crippen molar-refractivity contribution in [3.8, 4) is 0 Å². The summed E-state index contributed by atoms with van der Waals surface area (Å²) in [6.45, 7) is 2.01. The maximum atomic E-state index is 11.8. The summed E-state index contributed by atoms with van der Waals surface area (Å²) in [5, 5.41) is 14.5. The standard InChI is InChI=1S/C17H16N4O3/c1-2-13-8-9-16(18-12-13)17(22)20-19-10-4-6-14-5-3-7-15(11-14)21(23)24/h3-12H,2H2,1H3,(H,20,22)/b6-4+,19-10+. The molecule has 0 saturated heterocycles. The summed E-state index contributed by atoms with van der Waals surface area (Å²) >= 11 is 0. The fourth-order valence-corrected chi connectivity index (χ4v) is 1.86. The molecule has 0 aliphatic carbocycles. The number of non-ortho nitro benzene ring substituents is 1. The number of hydrogen-bond acceptors (Lipinski definition) is 5. The van der Waals surface area contributed by atoms with Gasteiger partial charge in [-0.15, -0.1) is 0 Å². The smallest absolute Gasteiger partial charge is 0.266 e.